The van der Waals surface area contributed by atoms with Crippen LogP contribution in [0.15, 0.2) is 23.6 Å². The molecule has 1 aromatic carbocycles. The molecule has 3 rings (SSSR count). The van der Waals surface area contributed by atoms with E-state index in [9.17, 15) is 9.90 Å². The summed E-state index contributed by atoms with van der Waals surface area (Å²) in [5.74, 6) is -0.551. The molecule has 2 atom stereocenters. The number of aromatic hydroxyl groups is 1. The predicted molar refractivity (Wildman–Crippen MR) is 98.5 cm³/mol. The highest BCUT2D eigenvalue weighted by Crippen LogP contribution is 2.24. The van der Waals surface area contributed by atoms with Gasteiger partial charge in [-0.25, -0.2) is 4.98 Å². The number of phenolic OH excluding ortho intramolecular Hbond substituents is 1. The first-order chi connectivity index (χ1) is 11.9. The van der Waals surface area contributed by atoms with Crippen LogP contribution in [0.25, 0.3) is 0 Å². The minimum Gasteiger partial charge on any atom is -0.507 e. The van der Waals surface area contributed by atoms with Crippen LogP contribution in [-0.4, -0.2) is 46.2 Å². The molecule has 0 aliphatic carbocycles. The number of thiazole rings is 1. The van der Waals surface area contributed by atoms with Gasteiger partial charge in [0.2, 0.25) is 0 Å². The standard InChI is InChI=1S/C17H20ClN3O3S/c1-10-6-21(7-11(2)24-10)8-13-9-25-17(19-13)20-16(23)14-5-12(18)3-4-15(14)22/h3-5,9-11,22H,6-8H2,1-2H3,(H,19,20,23). The van der Waals surface area contributed by atoms with Crippen LogP contribution in [0.4, 0.5) is 5.13 Å². The molecule has 1 aromatic heterocycles. The number of nitrogens with zero attached hydrogens (tertiary/aromatic N) is 2. The van der Waals surface area contributed by atoms with Gasteiger partial charge >= 0.3 is 0 Å². The molecule has 2 heterocycles. The van der Waals surface area contributed by atoms with Crippen LogP contribution in [0.1, 0.15) is 29.9 Å². The van der Waals surface area contributed by atoms with Crippen LogP contribution in [0, 0.1) is 0 Å². The molecule has 2 unspecified atom stereocenters. The fourth-order valence-corrected chi connectivity index (χ4v) is 3.80. The Morgan fingerprint density at radius 2 is 2.16 bits per heavy atom. The Hall–Kier alpha value is -1.67. The van der Waals surface area contributed by atoms with Gasteiger partial charge in [0.1, 0.15) is 5.75 Å². The van der Waals surface area contributed by atoms with Gasteiger partial charge in [0.15, 0.2) is 5.13 Å². The van der Waals surface area contributed by atoms with Crippen molar-refractivity contribution in [3.63, 3.8) is 0 Å². The lowest BCUT2D eigenvalue weighted by atomic mass is 10.2. The van der Waals surface area contributed by atoms with Crippen molar-refractivity contribution in [3.8, 4) is 5.75 Å². The summed E-state index contributed by atoms with van der Waals surface area (Å²) >= 11 is 7.24. The van der Waals surface area contributed by atoms with E-state index in [0.29, 0.717) is 16.7 Å². The largest absolute Gasteiger partial charge is 0.507 e. The summed E-state index contributed by atoms with van der Waals surface area (Å²) in [5, 5.41) is 15.3. The minimum atomic E-state index is -0.436. The summed E-state index contributed by atoms with van der Waals surface area (Å²) in [6, 6.07) is 4.35. The van der Waals surface area contributed by atoms with Crippen molar-refractivity contribution in [1.29, 1.82) is 0 Å². The molecule has 0 radical (unpaired) electrons. The summed E-state index contributed by atoms with van der Waals surface area (Å²) in [7, 11) is 0. The van der Waals surface area contributed by atoms with Crippen molar-refractivity contribution in [3.05, 3.63) is 39.9 Å². The number of carbonyl (C=O) groups excluding carboxylic acids is 1. The Morgan fingerprint density at radius 3 is 2.88 bits per heavy atom. The fraction of sp³-hybridized carbons (Fsp3) is 0.412. The number of aromatic nitrogens is 1. The Labute approximate surface area is 155 Å². The van der Waals surface area contributed by atoms with E-state index < -0.39 is 5.91 Å². The average molecular weight is 382 g/mol. The van der Waals surface area contributed by atoms with Gasteiger partial charge in [-0.15, -0.1) is 11.3 Å². The molecular formula is C17H20ClN3O3S. The first kappa shape index (κ1) is 18.1. The second-order valence-electron chi connectivity index (χ2n) is 6.21. The molecule has 8 heteroatoms. The molecule has 0 bridgehead atoms. The predicted octanol–water partition coefficient (Wildman–Crippen LogP) is 3.36. The number of morpholine rings is 1. The van der Waals surface area contributed by atoms with E-state index in [-0.39, 0.29) is 23.5 Å². The SMILES string of the molecule is CC1CN(Cc2csc(NC(=O)c3cc(Cl)ccc3O)n2)CC(C)O1. The number of halogens is 1. The molecule has 2 aromatic rings. The summed E-state index contributed by atoms with van der Waals surface area (Å²) in [5.41, 5.74) is 1.02. The van der Waals surface area contributed by atoms with E-state index in [4.69, 9.17) is 16.3 Å². The number of ether oxygens (including phenoxy) is 1. The van der Waals surface area contributed by atoms with Gasteiger partial charge in [-0.3, -0.25) is 15.0 Å². The molecule has 1 amide bonds. The summed E-state index contributed by atoms with van der Waals surface area (Å²) in [6.45, 7) is 6.56. The third-order valence-corrected chi connectivity index (χ3v) is 4.90. The van der Waals surface area contributed by atoms with Crippen molar-refractivity contribution in [1.82, 2.24) is 9.88 Å². The number of phenols is 1. The molecule has 1 saturated heterocycles. The third-order valence-electron chi connectivity index (χ3n) is 3.86. The van der Waals surface area contributed by atoms with Gasteiger partial charge in [-0.05, 0) is 32.0 Å². The van der Waals surface area contributed by atoms with Gasteiger partial charge < -0.3 is 9.84 Å². The lowest BCUT2D eigenvalue weighted by molar-refractivity contribution is -0.0707. The highest BCUT2D eigenvalue weighted by Gasteiger charge is 2.23. The van der Waals surface area contributed by atoms with Gasteiger partial charge in [0.05, 0.1) is 23.5 Å². The van der Waals surface area contributed by atoms with E-state index in [2.05, 4.69) is 29.0 Å². The molecule has 2 N–H and O–H groups in total. The Balaban J connectivity index is 1.63. The second kappa shape index (κ2) is 7.70. The lowest BCUT2D eigenvalue weighted by Crippen LogP contribution is -2.44. The van der Waals surface area contributed by atoms with E-state index in [0.717, 1.165) is 18.8 Å². The van der Waals surface area contributed by atoms with Gasteiger partial charge in [0, 0.05) is 30.0 Å². The van der Waals surface area contributed by atoms with Crippen LogP contribution in [0.3, 0.4) is 0 Å². The quantitative estimate of drug-likeness (QED) is 0.849. The maximum atomic E-state index is 12.3. The average Bonchev–Trinajstić information content (AvgIpc) is 2.95. The zero-order chi connectivity index (χ0) is 18.0. The van der Waals surface area contributed by atoms with E-state index in [1.807, 2.05) is 5.38 Å². The zero-order valence-electron chi connectivity index (χ0n) is 14.0. The number of hydrogen-bond acceptors (Lipinski definition) is 6. The molecule has 1 fully saturated rings. The van der Waals surface area contributed by atoms with Crippen LogP contribution in [0.5, 0.6) is 5.75 Å². The van der Waals surface area contributed by atoms with Gasteiger partial charge in [-0.1, -0.05) is 11.6 Å². The van der Waals surface area contributed by atoms with Crippen LogP contribution in [0.2, 0.25) is 5.02 Å². The number of nitrogens with one attached hydrogen (secondary N) is 1. The maximum Gasteiger partial charge on any atom is 0.261 e. The van der Waals surface area contributed by atoms with E-state index >= 15 is 0 Å². The Morgan fingerprint density at radius 1 is 1.44 bits per heavy atom. The van der Waals surface area contributed by atoms with Crippen LogP contribution >= 0.6 is 22.9 Å². The molecular weight excluding hydrogens is 362 g/mol. The molecule has 25 heavy (non-hydrogen) atoms. The number of hydrogen-bond donors (Lipinski definition) is 2. The van der Waals surface area contributed by atoms with Crippen LogP contribution < -0.4 is 5.32 Å². The van der Waals surface area contributed by atoms with E-state index in [1.165, 1.54) is 29.5 Å². The van der Waals surface area contributed by atoms with Gasteiger partial charge in [-0.2, -0.15) is 0 Å². The van der Waals surface area contributed by atoms with Crippen molar-refractivity contribution in [2.24, 2.45) is 0 Å². The summed E-state index contributed by atoms with van der Waals surface area (Å²) in [6.07, 6.45) is 0.403. The molecule has 1 aliphatic rings. The third kappa shape index (κ3) is 4.70. The van der Waals surface area contributed by atoms with E-state index in [1.54, 1.807) is 0 Å². The van der Waals surface area contributed by atoms with Crippen LogP contribution in [-0.2, 0) is 11.3 Å². The molecule has 1 aliphatic heterocycles. The number of amides is 1. The maximum absolute atomic E-state index is 12.3. The first-order valence-electron chi connectivity index (χ1n) is 8.03. The smallest absolute Gasteiger partial charge is 0.261 e. The highest BCUT2D eigenvalue weighted by atomic mass is 35.5. The number of carbonyl (C=O) groups is 1. The molecule has 134 valence electrons. The Kier molecular flexibility index (Phi) is 5.58. The molecule has 0 spiro atoms. The van der Waals surface area contributed by atoms with Crippen molar-refractivity contribution < 1.29 is 14.6 Å². The molecule has 6 nitrogen and oxygen atoms in total. The first-order valence-corrected chi connectivity index (χ1v) is 9.28. The monoisotopic (exact) mass is 381 g/mol. The second-order valence-corrected chi connectivity index (χ2v) is 7.51. The zero-order valence-corrected chi connectivity index (χ0v) is 15.6. The Bertz CT molecular complexity index is 757. The number of benzene rings is 1. The molecule has 0 saturated carbocycles. The minimum absolute atomic E-state index is 0.116. The lowest BCUT2D eigenvalue weighted by Gasteiger charge is -2.34. The van der Waals surface area contributed by atoms with Crippen molar-refractivity contribution in [2.75, 3.05) is 18.4 Å². The number of anilines is 1. The fourth-order valence-electron chi connectivity index (χ4n) is 2.93. The number of rotatable bonds is 4. The topological polar surface area (TPSA) is 74.7 Å². The summed E-state index contributed by atoms with van der Waals surface area (Å²) in [4.78, 5) is 19.0. The van der Waals surface area contributed by atoms with Gasteiger partial charge in [0.25, 0.3) is 5.91 Å². The van der Waals surface area contributed by atoms with Crippen molar-refractivity contribution in [2.45, 2.75) is 32.6 Å². The highest BCUT2D eigenvalue weighted by molar-refractivity contribution is 7.14. The normalized spacial score (nSPS) is 21.2. The van der Waals surface area contributed by atoms with Crippen molar-refractivity contribution >= 4 is 34.0 Å². The summed E-state index contributed by atoms with van der Waals surface area (Å²) < 4.78 is 5.73.